The van der Waals surface area contributed by atoms with Gasteiger partial charge >= 0.3 is 0 Å². The summed E-state index contributed by atoms with van der Waals surface area (Å²) in [7, 11) is 2.14. The second-order valence-corrected chi connectivity index (χ2v) is 8.89. The molecule has 7 N–H and O–H groups in total. The minimum Gasteiger partial charge on any atom is -0.355 e. The Morgan fingerprint density at radius 1 is 0.686 bits per heavy atom. The maximum Gasteiger partial charge on any atom is 0.221 e. The van der Waals surface area contributed by atoms with Gasteiger partial charge in [-0.05, 0) is 26.9 Å². The molecule has 0 rings (SSSR count). The van der Waals surface area contributed by atoms with Gasteiger partial charge in [-0.1, -0.05) is 13.8 Å². The Bertz CT molecular complexity index is 555. The minimum absolute atomic E-state index is 0.0139. The summed E-state index contributed by atoms with van der Waals surface area (Å²) in [4.78, 5) is 42.9. The number of nitrogens with zero attached hydrogens (tertiary/aromatic N) is 3. The van der Waals surface area contributed by atoms with Crippen LogP contribution >= 0.6 is 0 Å². The molecule has 0 bridgehead atoms. The molecule has 3 amide bonds. The Morgan fingerprint density at radius 3 is 1.57 bits per heavy atom. The standard InChI is InChI=1S/C24H52N8O3/c1-5-21(3)30(4)19-20-31(6-2)15-7-24(35)29-14-18-32(16-8-22(33)27-12-10-25)17-9-23(34)28-13-11-26/h21H,5-20,25-26H2,1-4H3,(H,27,33)(H,28,34)(H,29,35). The first kappa shape index (κ1) is 33.2. The van der Waals surface area contributed by atoms with Gasteiger partial charge in [-0.3, -0.25) is 14.4 Å². The van der Waals surface area contributed by atoms with Gasteiger partial charge in [0, 0.05) is 97.3 Å². The van der Waals surface area contributed by atoms with Crippen molar-refractivity contribution in [2.75, 3.05) is 85.6 Å². The monoisotopic (exact) mass is 500 g/mol. The molecule has 0 spiro atoms. The van der Waals surface area contributed by atoms with Crippen molar-refractivity contribution in [2.24, 2.45) is 11.5 Å². The lowest BCUT2D eigenvalue weighted by Crippen LogP contribution is -2.41. The van der Waals surface area contributed by atoms with Gasteiger partial charge < -0.3 is 42.1 Å². The quantitative estimate of drug-likeness (QED) is 0.124. The van der Waals surface area contributed by atoms with E-state index in [1.807, 2.05) is 4.90 Å². The summed E-state index contributed by atoms with van der Waals surface area (Å²) in [5, 5.41) is 8.48. The minimum atomic E-state index is -0.0734. The van der Waals surface area contributed by atoms with E-state index in [1.54, 1.807) is 0 Å². The van der Waals surface area contributed by atoms with Crippen molar-refractivity contribution in [3.8, 4) is 0 Å². The molecule has 0 saturated heterocycles. The number of rotatable bonds is 22. The van der Waals surface area contributed by atoms with Crippen molar-refractivity contribution < 1.29 is 14.4 Å². The molecule has 0 aliphatic carbocycles. The van der Waals surface area contributed by atoms with Gasteiger partial charge in [0.1, 0.15) is 0 Å². The third-order valence-corrected chi connectivity index (χ3v) is 6.21. The van der Waals surface area contributed by atoms with Crippen LogP contribution in [0.25, 0.3) is 0 Å². The summed E-state index contributed by atoms with van der Waals surface area (Å²) in [5.41, 5.74) is 10.8. The number of hydrogen-bond acceptors (Lipinski definition) is 8. The molecule has 0 fully saturated rings. The molecule has 0 saturated carbocycles. The number of hydrogen-bond donors (Lipinski definition) is 5. The first-order chi connectivity index (χ1) is 16.8. The molecule has 0 aromatic heterocycles. The first-order valence-corrected chi connectivity index (χ1v) is 13.1. The van der Waals surface area contributed by atoms with Crippen LogP contribution in [0.15, 0.2) is 0 Å². The molecule has 0 heterocycles. The summed E-state index contributed by atoms with van der Waals surface area (Å²) in [6.45, 7) is 13.8. The highest BCUT2D eigenvalue weighted by atomic mass is 16.2. The maximum atomic E-state index is 12.4. The van der Waals surface area contributed by atoms with Crippen molar-refractivity contribution in [1.29, 1.82) is 0 Å². The van der Waals surface area contributed by atoms with Crippen LogP contribution in [0.3, 0.4) is 0 Å². The van der Waals surface area contributed by atoms with E-state index < -0.39 is 0 Å². The van der Waals surface area contributed by atoms with E-state index >= 15 is 0 Å². The van der Waals surface area contributed by atoms with E-state index in [2.05, 4.69) is 53.6 Å². The lowest BCUT2D eigenvalue weighted by atomic mass is 10.2. The Balaban J connectivity index is 4.45. The fraction of sp³-hybridized carbons (Fsp3) is 0.875. The average Bonchev–Trinajstić information content (AvgIpc) is 2.86. The smallest absolute Gasteiger partial charge is 0.221 e. The third-order valence-electron chi connectivity index (χ3n) is 6.21. The van der Waals surface area contributed by atoms with Crippen molar-refractivity contribution in [3.05, 3.63) is 0 Å². The summed E-state index contributed by atoms with van der Waals surface area (Å²) in [5.74, 6) is -0.133. The number of carbonyl (C=O) groups excluding carboxylic acids is 3. The number of nitrogens with two attached hydrogens (primary N) is 2. The number of carbonyl (C=O) groups is 3. The van der Waals surface area contributed by atoms with E-state index in [0.29, 0.717) is 77.7 Å². The fourth-order valence-electron chi connectivity index (χ4n) is 3.42. The molecule has 11 heteroatoms. The van der Waals surface area contributed by atoms with Crippen LogP contribution in [0.5, 0.6) is 0 Å². The summed E-state index contributed by atoms with van der Waals surface area (Å²) >= 11 is 0. The Morgan fingerprint density at radius 2 is 1.14 bits per heavy atom. The van der Waals surface area contributed by atoms with Crippen LogP contribution in [-0.4, -0.2) is 124 Å². The van der Waals surface area contributed by atoms with Crippen molar-refractivity contribution in [3.63, 3.8) is 0 Å². The lowest BCUT2D eigenvalue weighted by molar-refractivity contribution is -0.123. The molecule has 0 aromatic carbocycles. The zero-order chi connectivity index (χ0) is 26.5. The topological polar surface area (TPSA) is 149 Å². The van der Waals surface area contributed by atoms with E-state index in [0.717, 1.165) is 32.6 Å². The molecule has 0 aromatic rings. The van der Waals surface area contributed by atoms with Crippen molar-refractivity contribution >= 4 is 17.7 Å². The van der Waals surface area contributed by atoms with Gasteiger partial charge in [0.15, 0.2) is 0 Å². The number of nitrogens with one attached hydrogen (secondary N) is 3. The maximum absolute atomic E-state index is 12.4. The highest BCUT2D eigenvalue weighted by molar-refractivity contribution is 5.77. The lowest BCUT2D eigenvalue weighted by Gasteiger charge is -2.27. The zero-order valence-electron chi connectivity index (χ0n) is 22.6. The molecular weight excluding hydrogens is 448 g/mol. The van der Waals surface area contributed by atoms with E-state index in [1.165, 1.54) is 0 Å². The Kier molecular flexibility index (Phi) is 20.4. The highest BCUT2D eigenvalue weighted by Crippen LogP contribution is 2.01. The Labute approximate surface area is 212 Å². The van der Waals surface area contributed by atoms with Crippen molar-refractivity contribution in [1.82, 2.24) is 30.7 Å². The van der Waals surface area contributed by atoms with Gasteiger partial charge in [-0.15, -0.1) is 0 Å². The van der Waals surface area contributed by atoms with Crippen molar-refractivity contribution in [2.45, 2.75) is 52.5 Å². The molecule has 0 aliphatic heterocycles. The van der Waals surface area contributed by atoms with Crippen LogP contribution in [0.4, 0.5) is 0 Å². The van der Waals surface area contributed by atoms with Gasteiger partial charge in [0.05, 0.1) is 0 Å². The van der Waals surface area contributed by atoms with Crippen LogP contribution in [0.1, 0.15) is 46.5 Å². The molecule has 206 valence electrons. The largest absolute Gasteiger partial charge is 0.355 e. The van der Waals surface area contributed by atoms with Crippen LogP contribution in [-0.2, 0) is 14.4 Å². The highest BCUT2D eigenvalue weighted by Gasteiger charge is 2.13. The fourth-order valence-corrected chi connectivity index (χ4v) is 3.42. The predicted molar refractivity (Wildman–Crippen MR) is 142 cm³/mol. The zero-order valence-corrected chi connectivity index (χ0v) is 22.6. The van der Waals surface area contributed by atoms with Gasteiger partial charge in [-0.2, -0.15) is 0 Å². The summed E-state index contributed by atoms with van der Waals surface area (Å²) in [6.07, 6.45) is 2.20. The summed E-state index contributed by atoms with van der Waals surface area (Å²) in [6, 6.07) is 0.554. The molecule has 1 unspecified atom stereocenters. The predicted octanol–water partition coefficient (Wildman–Crippen LogP) is -1.22. The van der Waals surface area contributed by atoms with Gasteiger partial charge in [-0.25, -0.2) is 0 Å². The SMILES string of the molecule is CCC(C)N(C)CCN(CC)CCC(=O)NCCN(CCC(=O)NCCN)CCC(=O)NCCN. The second kappa shape index (κ2) is 21.5. The molecule has 0 aliphatic rings. The molecule has 11 nitrogen and oxygen atoms in total. The number of likely N-dealkylation sites (N-methyl/N-ethyl adjacent to an activating group) is 2. The molecular formula is C24H52N8O3. The average molecular weight is 501 g/mol. The van der Waals surface area contributed by atoms with E-state index in [9.17, 15) is 14.4 Å². The van der Waals surface area contributed by atoms with E-state index in [4.69, 9.17) is 11.5 Å². The van der Waals surface area contributed by atoms with Crippen LogP contribution in [0.2, 0.25) is 0 Å². The normalized spacial score (nSPS) is 12.3. The van der Waals surface area contributed by atoms with Gasteiger partial charge in [0.2, 0.25) is 17.7 Å². The Hall–Kier alpha value is -1.79. The third kappa shape index (κ3) is 18.2. The van der Waals surface area contributed by atoms with Crippen LogP contribution < -0.4 is 27.4 Å². The summed E-state index contributed by atoms with van der Waals surface area (Å²) < 4.78 is 0. The van der Waals surface area contributed by atoms with Gasteiger partial charge in [0.25, 0.3) is 0 Å². The van der Waals surface area contributed by atoms with E-state index in [-0.39, 0.29) is 17.7 Å². The molecule has 35 heavy (non-hydrogen) atoms. The molecule has 1 atom stereocenters. The second-order valence-electron chi connectivity index (χ2n) is 8.89. The number of amides is 3. The van der Waals surface area contributed by atoms with Crippen LogP contribution in [0, 0.1) is 0 Å². The molecule has 0 radical (unpaired) electrons. The first-order valence-electron chi connectivity index (χ1n) is 13.1.